The summed E-state index contributed by atoms with van der Waals surface area (Å²) in [6, 6.07) is 6.93. The number of nitrogens with one attached hydrogen (secondary N) is 2. The summed E-state index contributed by atoms with van der Waals surface area (Å²) in [5.41, 5.74) is 1.64. The Labute approximate surface area is 117 Å². The van der Waals surface area contributed by atoms with Crippen molar-refractivity contribution in [2.45, 2.75) is 6.04 Å². The summed E-state index contributed by atoms with van der Waals surface area (Å²) in [4.78, 5) is 14.0. The molecule has 1 atom stereocenters. The van der Waals surface area contributed by atoms with Crippen LogP contribution >= 0.6 is 0 Å². The Morgan fingerprint density at radius 3 is 3.05 bits per heavy atom. The number of allylic oxidation sites excluding steroid dienone is 1. The van der Waals surface area contributed by atoms with Gasteiger partial charge in [0.1, 0.15) is 0 Å². The van der Waals surface area contributed by atoms with Gasteiger partial charge in [0.15, 0.2) is 6.04 Å². The number of H-pyrrole nitrogens is 1. The second-order valence-electron chi connectivity index (χ2n) is 4.61. The molecular formula is C12H9N7O2. The average Bonchev–Trinajstić information content (AvgIpc) is 3.12. The maximum atomic E-state index is 11.3. The van der Waals surface area contributed by atoms with Gasteiger partial charge in [-0.25, -0.2) is 0 Å². The molecule has 0 aliphatic carbocycles. The lowest BCUT2D eigenvalue weighted by molar-refractivity contribution is -0.431. The maximum absolute atomic E-state index is 11.3. The number of aromatic nitrogens is 5. The molecule has 1 aromatic carbocycles. The van der Waals surface area contributed by atoms with Gasteiger partial charge in [-0.2, -0.15) is 4.68 Å². The minimum Gasteiger partial charge on any atom is -0.361 e. The third kappa shape index (κ3) is 1.60. The Kier molecular flexibility index (Phi) is 2.28. The van der Waals surface area contributed by atoms with Crippen LogP contribution in [-0.4, -0.2) is 30.1 Å². The van der Waals surface area contributed by atoms with Gasteiger partial charge < -0.3 is 10.3 Å². The summed E-state index contributed by atoms with van der Waals surface area (Å²) >= 11 is 0. The molecule has 0 spiro atoms. The zero-order valence-electron chi connectivity index (χ0n) is 10.6. The number of hydrogen-bond donors (Lipinski definition) is 2. The number of nitro groups is 1. The topological polar surface area (TPSA) is 115 Å². The van der Waals surface area contributed by atoms with Gasteiger partial charge in [0.05, 0.1) is 11.1 Å². The Balaban J connectivity index is 1.97. The first-order valence-electron chi connectivity index (χ1n) is 6.20. The summed E-state index contributed by atoms with van der Waals surface area (Å²) in [6.07, 6.45) is 3.08. The van der Waals surface area contributed by atoms with Gasteiger partial charge in [-0.3, -0.25) is 10.1 Å². The second kappa shape index (κ2) is 4.13. The second-order valence-corrected chi connectivity index (χ2v) is 4.61. The van der Waals surface area contributed by atoms with Crippen LogP contribution in [0, 0.1) is 10.1 Å². The summed E-state index contributed by atoms with van der Waals surface area (Å²) in [5.74, 6) is 0.371. The molecule has 0 saturated carbocycles. The van der Waals surface area contributed by atoms with Gasteiger partial charge >= 0.3 is 0 Å². The molecular weight excluding hydrogens is 274 g/mol. The van der Waals surface area contributed by atoms with Crippen LogP contribution < -0.4 is 5.32 Å². The van der Waals surface area contributed by atoms with E-state index in [2.05, 4.69) is 25.8 Å². The van der Waals surface area contributed by atoms with Crippen LogP contribution in [0.15, 0.2) is 42.4 Å². The quantitative estimate of drug-likeness (QED) is 0.541. The van der Waals surface area contributed by atoms with Crippen molar-refractivity contribution in [3.05, 3.63) is 58.0 Å². The number of rotatable bonds is 2. The van der Waals surface area contributed by atoms with Crippen molar-refractivity contribution in [1.29, 1.82) is 0 Å². The van der Waals surface area contributed by atoms with E-state index >= 15 is 0 Å². The number of hydrogen-bond acceptors (Lipinski definition) is 6. The molecule has 2 aromatic heterocycles. The molecule has 1 aliphatic heterocycles. The van der Waals surface area contributed by atoms with Gasteiger partial charge in [-0.05, 0) is 16.5 Å². The van der Waals surface area contributed by atoms with Crippen molar-refractivity contribution in [1.82, 2.24) is 25.2 Å². The largest absolute Gasteiger partial charge is 0.361 e. The number of para-hydroxylation sites is 1. The molecule has 0 unspecified atom stereocenters. The molecule has 0 bridgehead atoms. The van der Waals surface area contributed by atoms with Gasteiger partial charge in [-0.15, -0.1) is 0 Å². The van der Waals surface area contributed by atoms with Gasteiger partial charge in [0, 0.05) is 22.7 Å². The Morgan fingerprint density at radius 1 is 1.33 bits per heavy atom. The molecule has 21 heavy (non-hydrogen) atoms. The first-order valence-corrected chi connectivity index (χ1v) is 6.20. The predicted molar refractivity (Wildman–Crippen MR) is 73.0 cm³/mol. The summed E-state index contributed by atoms with van der Waals surface area (Å²) in [7, 11) is 0. The zero-order chi connectivity index (χ0) is 14.4. The van der Waals surface area contributed by atoms with Crippen LogP contribution in [0.2, 0.25) is 0 Å². The third-order valence-corrected chi connectivity index (χ3v) is 3.49. The summed E-state index contributed by atoms with van der Waals surface area (Å²) < 4.78 is 1.41. The van der Waals surface area contributed by atoms with Crippen LogP contribution in [-0.2, 0) is 0 Å². The van der Waals surface area contributed by atoms with E-state index in [0.717, 1.165) is 16.5 Å². The van der Waals surface area contributed by atoms with Crippen LogP contribution in [0.3, 0.4) is 0 Å². The monoisotopic (exact) mass is 283 g/mol. The van der Waals surface area contributed by atoms with Crippen molar-refractivity contribution in [2.75, 3.05) is 5.32 Å². The number of benzene rings is 1. The summed E-state index contributed by atoms with van der Waals surface area (Å²) in [6.45, 7) is 0. The smallest absolute Gasteiger partial charge is 0.291 e. The molecule has 2 N–H and O–H groups in total. The van der Waals surface area contributed by atoms with Gasteiger partial charge in [0.2, 0.25) is 5.95 Å². The van der Waals surface area contributed by atoms with Crippen LogP contribution in [0.25, 0.3) is 10.9 Å². The lowest BCUT2D eigenvalue weighted by atomic mass is 10.0. The number of aromatic amines is 1. The molecule has 0 saturated heterocycles. The van der Waals surface area contributed by atoms with Gasteiger partial charge in [0.25, 0.3) is 5.70 Å². The fraction of sp³-hybridized carbons (Fsp3) is 0.0833. The van der Waals surface area contributed by atoms with E-state index in [-0.39, 0.29) is 5.70 Å². The van der Waals surface area contributed by atoms with Crippen molar-refractivity contribution in [3.8, 4) is 0 Å². The van der Waals surface area contributed by atoms with Crippen molar-refractivity contribution >= 4 is 16.9 Å². The van der Waals surface area contributed by atoms with E-state index in [9.17, 15) is 10.1 Å². The van der Waals surface area contributed by atoms with Gasteiger partial charge in [-0.1, -0.05) is 23.3 Å². The van der Waals surface area contributed by atoms with Crippen LogP contribution in [0.5, 0.6) is 0 Å². The van der Waals surface area contributed by atoms with Crippen molar-refractivity contribution in [3.63, 3.8) is 0 Å². The fourth-order valence-corrected chi connectivity index (χ4v) is 2.57. The molecule has 1 aliphatic rings. The van der Waals surface area contributed by atoms with Crippen molar-refractivity contribution < 1.29 is 4.92 Å². The molecule has 4 rings (SSSR count). The molecule has 3 aromatic rings. The molecule has 9 heteroatoms. The van der Waals surface area contributed by atoms with E-state index in [1.807, 2.05) is 24.3 Å². The Morgan fingerprint density at radius 2 is 2.19 bits per heavy atom. The number of anilines is 1. The standard InChI is InChI=1S/C12H9N7O2/c20-19(21)10-6-14-12-15-16-17-18(12)11(10)8-5-13-9-4-2-1-3-7(8)9/h1-6,11,13H,(H,14,15,17)/t11-/m1/s1. The number of tetrazole rings is 1. The lowest BCUT2D eigenvalue weighted by Gasteiger charge is -2.19. The predicted octanol–water partition coefficient (Wildman–Crippen LogP) is 1.29. The molecule has 3 heterocycles. The molecule has 0 radical (unpaired) electrons. The zero-order valence-corrected chi connectivity index (χ0v) is 10.6. The number of nitrogens with zero attached hydrogens (tertiary/aromatic N) is 5. The third-order valence-electron chi connectivity index (χ3n) is 3.49. The average molecular weight is 283 g/mol. The highest BCUT2D eigenvalue weighted by atomic mass is 16.6. The minimum absolute atomic E-state index is 0.0143. The number of fused-ring (bicyclic) bond motifs is 2. The highest BCUT2D eigenvalue weighted by Crippen LogP contribution is 2.35. The Hall–Kier alpha value is -3.23. The SMILES string of the molecule is O=[N+]([O-])C1=CNc2nnnn2[C@@H]1c1c[nH]c2ccccc12. The van der Waals surface area contributed by atoms with E-state index in [1.54, 1.807) is 6.20 Å². The van der Waals surface area contributed by atoms with E-state index < -0.39 is 11.0 Å². The fourth-order valence-electron chi connectivity index (χ4n) is 2.57. The normalized spacial score (nSPS) is 17.1. The highest BCUT2D eigenvalue weighted by Gasteiger charge is 2.36. The van der Waals surface area contributed by atoms with Crippen LogP contribution in [0.1, 0.15) is 11.6 Å². The molecule has 0 amide bonds. The maximum Gasteiger partial charge on any atom is 0.291 e. The van der Waals surface area contributed by atoms with Crippen LogP contribution in [0.4, 0.5) is 5.95 Å². The summed E-state index contributed by atoms with van der Waals surface area (Å²) in [5, 5.41) is 26.2. The Bertz CT molecular complexity index is 879. The molecule has 104 valence electrons. The highest BCUT2D eigenvalue weighted by molar-refractivity contribution is 5.84. The minimum atomic E-state index is -0.678. The van der Waals surface area contributed by atoms with E-state index in [0.29, 0.717) is 5.95 Å². The van der Waals surface area contributed by atoms with E-state index in [4.69, 9.17) is 0 Å². The first-order chi connectivity index (χ1) is 10.3. The lowest BCUT2D eigenvalue weighted by Crippen LogP contribution is -2.25. The molecule has 9 nitrogen and oxygen atoms in total. The first kappa shape index (κ1) is 11.6. The van der Waals surface area contributed by atoms with E-state index in [1.165, 1.54) is 10.9 Å². The molecule has 0 fully saturated rings. The van der Waals surface area contributed by atoms with Crippen molar-refractivity contribution in [2.24, 2.45) is 0 Å².